The van der Waals surface area contributed by atoms with E-state index in [-0.39, 0.29) is 0 Å². The van der Waals surface area contributed by atoms with E-state index in [0.717, 1.165) is 11.6 Å². The monoisotopic (exact) mass is 331 g/mol. The van der Waals surface area contributed by atoms with Crippen LogP contribution in [0.4, 0.5) is 0 Å². The Labute approximate surface area is 147 Å². The van der Waals surface area contributed by atoms with Gasteiger partial charge in [-0.15, -0.1) is 11.8 Å². The van der Waals surface area contributed by atoms with Crippen molar-refractivity contribution in [2.45, 2.75) is 59.3 Å². The molecule has 1 nitrogen and oxygen atoms in total. The standard InChI is InChI=1S/C21H33NS/c1-6-9-17(10-7-2)11-13-20(23-5)16-18-12-14-21(22-4)19(8-3)15-18/h8,12,14-17H,6-7,9-11,13H2,1-5H3/b19-8-,20-16-,22-21?. The van der Waals surface area contributed by atoms with Gasteiger partial charge in [0.15, 0.2) is 0 Å². The summed E-state index contributed by atoms with van der Waals surface area (Å²) in [6.45, 7) is 6.68. The Morgan fingerprint density at radius 2 is 1.87 bits per heavy atom. The molecular weight excluding hydrogens is 298 g/mol. The van der Waals surface area contributed by atoms with Crippen LogP contribution >= 0.6 is 11.8 Å². The van der Waals surface area contributed by atoms with E-state index < -0.39 is 0 Å². The lowest BCUT2D eigenvalue weighted by Crippen LogP contribution is -2.02. The van der Waals surface area contributed by atoms with Gasteiger partial charge in [-0.3, -0.25) is 4.99 Å². The first-order valence-electron chi connectivity index (χ1n) is 8.96. The molecular formula is C21H33NS. The van der Waals surface area contributed by atoms with E-state index in [0.29, 0.717) is 0 Å². The Kier molecular flexibility index (Phi) is 10.0. The van der Waals surface area contributed by atoms with Gasteiger partial charge in [0, 0.05) is 7.05 Å². The van der Waals surface area contributed by atoms with Crippen LogP contribution in [0.2, 0.25) is 0 Å². The molecule has 0 amide bonds. The predicted molar refractivity (Wildman–Crippen MR) is 108 cm³/mol. The van der Waals surface area contributed by atoms with Crippen molar-refractivity contribution in [3.63, 3.8) is 0 Å². The largest absolute Gasteiger partial charge is 0.288 e. The minimum atomic E-state index is 0.890. The molecule has 0 spiro atoms. The molecule has 128 valence electrons. The maximum absolute atomic E-state index is 4.33. The van der Waals surface area contributed by atoms with E-state index >= 15 is 0 Å². The Morgan fingerprint density at radius 1 is 1.17 bits per heavy atom. The fourth-order valence-corrected chi connectivity index (χ4v) is 3.69. The molecule has 0 aromatic rings. The fraction of sp³-hybridized carbons (Fsp3) is 0.571. The summed E-state index contributed by atoms with van der Waals surface area (Å²) in [4.78, 5) is 5.82. The van der Waals surface area contributed by atoms with Gasteiger partial charge in [0.2, 0.25) is 0 Å². The van der Waals surface area contributed by atoms with Crippen LogP contribution in [0.1, 0.15) is 59.3 Å². The summed E-state index contributed by atoms with van der Waals surface area (Å²) in [5, 5.41) is 0. The summed E-state index contributed by atoms with van der Waals surface area (Å²) in [5.74, 6) is 0.890. The van der Waals surface area contributed by atoms with Crippen molar-refractivity contribution in [2.24, 2.45) is 10.9 Å². The molecule has 0 aromatic heterocycles. The van der Waals surface area contributed by atoms with Gasteiger partial charge in [-0.1, -0.05) is 51.7 Å². The Morgan fingerprint density at radius 3 is 2.39 bits per heavy atom. The van der Waals surface area contributed by atoms with Crippen molar-refractivity contribution >= 4 is 17.5 Å². The number of allylic oxidation sites excluding steroid dienone is 8. The van der Waals surface area contributed by atoms with Crippen LogP contribution < -0.4 is 0 Å². The van der Waals surface area contributed by atoms with Crippen LogP contribution in [0.25, 0.3) is 0 Å². The van der Waals surface area contributed by atoms with Crippen molar-refractivity contribution in [1.29, 1.82) is 0 Å². The fourth-order valence-electron chi connectivity index (χ4n) is 3.11. The van der Waals surface area contributed by atoms with E-state index in [1.165, 1.54) is 54.6 Å². The normalized spacial score (nSPS) is 19.0. The van der Waals surface area contributed by atoms with Gasteiger partial charge in [-0.2, -0.15) is 0 Å². The minimum Gasteiger partial charge on any atom is -0.288 e. The van der Waals surface area contributed by atoms with E-state index in [1.54, 1.807) is 0 Å². The maximum Gasteiger partial charge on any atom is 0.0640 e. The second-order valence-corrected chi connectivity index (χ2v) is 7.06. The first-order valence-corrected chi connectivity index (χ1v) is 10.2. The molecule has 1 aliphatic rings. The van der Waals surface area contributed by atoms with E-state index in [9.17, 15) is 0 Å². The zero-order valence-corrected chi connectivity index (χ0v) is 16.4. The number of rotatable bonds is 9. The molecule has 0 N–H and O–H groups in total. The van der Waals surface area contributed by atoms with Gasteiger partial charge in [-0.25, -0.2) is 0 Å². The van der Waals surface area contributed by atoms with Crippen LogP contribution in [-0.2, 0) is 0 Å². The Balaban J connectivity index is 2.75. The summed E-state index contributed by atoms with van der Waals surface area (Å²) in [5.41, 5.74) is 3.58. The molecule has 1 rings (SSSR count). The van der Waals surface area contributed by atoms with Gasteiger partial charge in [0.25, 0.3) is 0 Å². The van der Waals surface area contributed by atoms with Crippen LogP contribution in [0.5, 0.6) is 0 Å². The van der Waals surface area contributed by atoms with Crippen LogP contribution in [0, 0.1) is 5.92 Å². The highest BCUT2D eigenvalue weighted by atomic mass is 32.2. The zero-order chi connectivity index (χ0) is 17.1. The van der Waals surface area contributed by atoms with Crippen LogP contribution in [-0.4, -0.2) is 19.0 Å². The maximum atomic E-state index is 4.33. The van der Waals surface area contributed by atoms with Gasteiger partial charge < -0.3 is 0 Å². The molecule has 2 heteroatoms. The SMILES string of the molecule is C/C=C1C=C(/C=C(/CCC(CCC)CCC)SC)C=CC/1=NC. The second-order valence-electron chi connectivity index (χ2n) is 6.13. The number of nitrogens with zero attached hydrogens (tertiary/aromatic N) is 1. The van der Waals surface area contributed by atoms with Crippen molar-refractivity contribution in [3.8, 4) is 0 Å². The summed E-state index contributed by atoms with van der Waals surface area (Å²) >= 11 is 1.89. The van der Waals surface area contributed by atoms with Gasteiger partial charge >= 0.3 is 0 Å². The predicted octanol–water partition coefficient (Wildman–Crippen LogP) is 6.74. The molecule has 23 heavy (non-hydrogen) atoms. The minimum absolute atomic E-state index is 0.890. The van der Waals surface area contributed by atoms with Crippen molar-refractivity contribution in [3.05, 3.63) is 46.4 Å². The summed E-state index contributed by atoms with van der Waals surface area (Å²) in [6, 6.07) is 0. The molecule has 0 atom stereocenters. The molecule has 0 fully saturated rings. The molecule has 0 heterocycles. The average Bonchev–Trinajstić information content (AvgIpc) is 2.58. The third-order valence-electron chi connectivity index (χ3n) is 4.39. The zero-order valence-electron chi connectivity index (χ0n) is 15.6. The molecule has 0 aromatic carbocycles. The van der Waals surface area contributed by atoms with Crippen molar-refractivity contribution < 1.29 is 0 Å². The third-order valence-corrected chi connectivity index (χ3v) is 5.23. The molecule has 0 saturated carbocycles. The highest BCUT2D eigenvalue weighted by Crippen LogP contribution is 2.28. The lowest BCUT2D eigenvalue weighted by atomic mass is 9.93. The quantitative estimate of drug-likeness (QED) is 0.455. The number of aliphatic imine (C=N–C) groups is 1. The van der Waals surface area contributed by atoms with Gasteiger partial charge in [0.05, 0.1) is 5.71 Å². The number of hydrogen-bond donors (Lipinski definition) is 0. The van der Waals surface area contributed by atoms with E-state index in [4.69, 9.17) is 0 Å². The van der Waals surface area contributed by atoms with E-state index in [2.05, 4.69) is 62.4 Å². The molecule has 1 aliphatic carbocycles. The van der Waals surface area contributed by atoms with Crippen LogP contribution in [0.3, 0.4) is 0 Å². The highest BCUT2D eigenvalue weighted by molar-refractivity contribution is 8.02. The smallest absolute Gasteiger partial charge is 0.0640 e. The van der Waals surface area contributed by atoms with Crippen molar-refractivity contribution in [2.75, 3.05) is 13.3 Å². The summed E-state index contributed by atoms with van der Waals surface area (Å²) in [6.07, 6.45) is 21.1. The number of hydrogen-bond acceptors (Lipinski definition) is 2. The molecule has 0 aliphatic heterocycles. The summed E-state index contributed by atoms with van der Waals surface area (Å²) < 4.78 is 0. The lowest BCUT2D eigenvalue weighted by molar-refractivity contribution is 0.413. The Bertz CT molecular complexity index is 500. The molecule has 0 unspecified atom stereocenters. The molecule has 0 saturated heterocycles. The third kappa shape index (κ3) is 6.95. The number of thioether (sulfide) groups is 1. The summed E-state index contributed by atoms with van der Waals surface area (Å²) in [7, 11) is 1.85. The lowest BCUT2D eigenvalue weighted by Gasteiger charge is -2.16. The second kappa shape index (κ2) is 11.5. The van der Waals surface area contributed by atoms with Crippen LogP contribution in [0.15, 0.2) is 51.4 Å². The topological polar surface area (TPSA) is 12.4 Å². The highest BCUT2D eigenvalue weighted by Gasteiger charge is 2.10. The van der Waals surface area contributed by atoms with E-state index in [1.807, 2.05) is 18.8 Å². The van der Waals surface area contributed by atoms with Crippen molar-refractivity contribution in [1.82, 2.24) is 0 Å². The first kappa shape index (κ1) is 20.0. The first-order chi connectivity index (χ1) is 11.2. The Hall–Kier alpha value is -1.02. The van der Waals surface area contributed by atoms with Gasteiger partial charge in [-0.05, 0) is 66.2 Å². The van der Waals surface area contributed by atoms with Gasteiger partial charge in [0.1, 0.15) is 0 Å². The molecule has 0 radical (unpaired) electrons. The molecule has 0 bridgehead atoms. The average molecular weight is 332 g/mol.